The van der Waals surface area contributed by atoms with Crippen molar-refractivity contribution in [3.8, 4) is 0 Å². The Morgan fingerprint density at radius 1 is 1.15 bits per heavy atom. The molecule has 0 saturated carbocycles. The Bertz CT molecular complexity index is 625. The van der Waals surface area contributed by atoms with E-state index in [0.717, 1.165) is 18.5 Å². The number of rotatable bonds is 2. The third-order valence-corrected chi connectivity index (χ3v) is 2.97. The molecule has 0 spiro atoms. The summed E-state index contributed by atoms with van der Waals surface area (Å²) in [5.74, 6) is 0. The fraction of sp³-hybridized carbons (Fsp3) is 0.308. The van der Waals surface area contributed by atoms with Gasteiger partial charge in [-0.2, -0.15) is 23.4 Å². The van der Waals surface area contributed by atoms with Crippen molar-refractivity contribution in [1.82, 2.24) is 15.2 Å². The van der Waals surface area contributed by atoms with E-state index >= 15 is 0 Å². The molecule has 0 amide bonds. The summed E-state index contributed by atoms with van der Waals surface area (Å²) < 4.78 is 39.0. The van der Waals surface area contributed by atoms with Crippen molar-refractivity contribution < 1.29 is 13.2 Å². The average Bonchev–Trinajstić information content (AvgIpc) is 2.40. The van der Waals surface area contributed by atoms with Crippen molar-refractivity contribution in [2.75, 3.05) is 0 Å². The Balaban J connectivity index is 2.54. The van der Waals surface area contributed by atoms with Gasteiger partial charge in [0.1, 0.15) is 0 Å². The van der Waals surface area contributed by atoms with Crippen LogP contribution in [0, 0.1) is 13.8 Å². The highest BCUT2D eigenvalue weighted by molar-refractivity contribution is 5.38. The van der Waals surface area contributed by atoms with E-state index in [0.29, 0.717) is 17.0 Å². The van der Waals surface area contributed by atoms with Gasteiger partial charge in [-0.25, -0.2) is 0 Å². The van der Waals surface area contributed by atoms with Crippen LogP contribution >= 0.6 is 0 Å². The lowest BCUT2D eigenvalue weighted by Gasteiger charge is -2.19. The van der Waals surface area contributed by atoms with Crippen LogP contribution in [-0.2, 0) is 6.18 Å². The van der Waals surface area contributed by atoms with E-state index in [9.17, 15) is 13.2 Å². The molecule has 0 aromatic carbocycles. The molecular weight excluding hydrogens is 269 g/mol. The van der Waals surface area contributed by atoms with E-state index in [2.05, 4.69) is 15.2 Å². The zero-order chi connectivity index (χ0) is 14.9. The highest BCUT2D eigenvalue weighted by Gasteiger charge is 2.35. The van der Waals surface area contributed by atoms with E-state index in [-0.39, 0.29) is 5.56 Å². The zero-order valence-electron chi connectivity index (χ0n) is 10.9. The Morgan fingerprint density at radius 3 is 2.50 bits per heavy atom. The Hall–Kier alpha value is -2.02. The van der Waals surface area contributed by atoms with Crippen LogP contribution in [-0.4, -0.2) is 15.2 Å². The summed E-state index contributed by atoms with van der Waals surface area (Å²) in [4.78, 5) is 3.74. The third-order valence-electron chi connectivity index (χ3n) is 2.97. The molecule has 0 fully saturated rings. The number of aromatic nitrogens is 3. The summed E-state index contributed by atoms with van der Waals surface area (Å²) in [5, 5.41) is 7.73. The lowest BCUT2D eigenvalue weighted by Crippen LogP contribution is -2.20. The number of alkyl halides is 3. The second kappa shape index (κ2) is 5.16. The van der Waals surface area contributed by atoms with Gasteiger partial charge in [-0.05, 0) is 31.5 Å². The summed E-state index contributed by atoms with van der Waals surface area (Å²) in [7, 11) is 0. The summed E-state index contributed by atoms with van der Waals surface area (Å²) in [6.45, 7) is 3.36. The molecule has 0 aliphatic carbocycles. The third kappa shape index (κ3) is 2.77. The van der Waals surface area contributed by atoms with Crippen molar-refractivity contribution in [2.45, 2.75) is 26.1 Å². The molecule has 0 radical (unpaired) electrons. The van der Waals surface area contributed by atoms with Gasteiger partial charge in [0.15, 0.2) is 0 Å². The Kier molecular flexibility index (Phi) is 3.71. The number of halogens is 3. The van der Waals surface area contributed by atoms with Crippen LogP contribution in [0.15, 0.2) is 24.5 Å². The fourth-order valence-corrected chi connectivity index (χ4v) is 1.96. The minimum Gasteiger partial charge on any atom is -0.320 e. The predicted molar refractivity (Wildman–Crippen MR) is 66.8 cm³/mol. The van der Waals surface area contributed by atoms with Crippen molar-refractivity contribution in [1.29, 1.82) is 0 Å². The zero-order valence-corrected chi connectivity index (χ0v) is 10.9. The molecule has 7 heteroatoms. The normalized spacial score (nSPS) is 13.3. The average molecular weight is 282 g/mol. The van der Waals surface area contributed by atoms with Gasteiger partial charge in [0.2, 0.25) is 0 Å². The maximum atomic E-state index is 13.0. The van der Waals surface area contributed by atoms with Gasteiger partial charge in [-0.3, -0.25) is 4.98 Å². The van der Waals surface area contributed by atoms with Crippen molar-refractivity contribution in [3.63, 3.8) is 0 Å². The molecule has 20 heavy (non-hydrogen) atoms. The maximum absolute atomic E-state index is 13.0. The van der Waals surface area contributed by atoms with Crippen molar-refractivity contribution in [2.24, 2.45) is 5.73 Å². The minimum absolute atomic E-state index is 0.0736. The summed E-state index contributed by atoms with van der Waals surface area (Å²) in [6.07, 6.45) is -2.23. The van der Waals surface area contributed by atoms with E-state index in [1.807, 2.05) is 0 Å². The summed E-state index contributed by atoms with van der Waals surface area (Å²) in [5.41, 5.74) is 6.72. The van der Waals surface area contributed by atoms with Gasteiger partial charge in [-0.15, -0.1) is 0 Å². The van der Waals surface area contributed by atoms with Crippen LogP contribution in [0.3, 0.4) is 0 Å². The summed E-state index contributed by atoms with van der Waals surface area (Å²) in [6, 6.07) is 1.61. The molecule has 2 rings (SSSR count). The lowest BCUT2D eigenvalue weighted by atomic mass is 9.96. The van der Waals surface area contributed by atoms with Crippen molar-refractivity contribution in [3.05, 3.63) is 52.6 Å². The van der Waals surface area contributed by atoms with Gasteiger partial charge >= 0.3 is 6.18 Å². The SMILES string of the molecule is Cc1cc(C(N)c2cnccc2C(F)(F)F)c(C)nn1. The standard InChI is InChI=1S/C13H13F3N4/c1-7-5-9(8(2)20-19-7)12(17)10-6-18-4-3-11(10)13(14,15)16/h3-6,12H,17H2,1-2H3. The van der Waals surface area contributed by atoms with Crippen LogP contribution < -0.4 is 5.73 Å². The molecule has 1 atom stereocenters. The number of hydrogen-bond donors (Lipinski definition) is 1. The molecule has 0 saturated heterocycles. The minimum atomic E-state index is -4.47. The number of pyridine rings is 1. The monoisotopic (exact) mass is 282 g/mol. The maximum Gasteiger partial charge on any atom is 0.416 e. The molecule has 2 N–H and O–H groups in total. The van der Waals surface area contributed by atoms with Gasteiger partial charge in [0, 0.05) is 18.0 Å². The molecule has 0 aliphatic heterocycles. The predicted octanol–water partition coefficient (Wildman–Crippen LogP) is 2.56. The number of nitrogens with two attached hydrogens (primary N) is 1. The summed E-state index contributed by atoms with van der Waals surface area (Å²) >= 11 is 0. The van der Waals surface area contributed by atoms with Crippen molar-refractivity contribution >= 4 is 0 Å². The first-order valence-corrected chi connectivity index (χ1v) is 5.88. The van der Waals surface area contributed by atoms with Gasteiger partial charge in [0.05, 0.1) is 23.0 Å². The van der Waals surface area contributed by atoms with Crippen LogP contribution in [0.5, 0.6) is 0 Å². The molecule has 2 heterocycles. The van der Waals surface area contributed by atoms with Crippen LogP contribution in [0.2, 0.25) is 0 Å². The molecule has 4 nitrogen and oxygen atoms in total. The van der Waals surface area contributed by atoms with Gasteiger partial charge < -0.3 is 5.73 Å². The highest BCUT2D eigenvalue weighted by atomic mass is 19.4. The van der Waals surface area contributed by atoms with E-state index in [1.54, 1.807) is 19.9 Å². The van der Waals surface area contributed by atoms with Crippen LogP contribution in [0.4, 0.5) is 13.2 Å². The first-order chi connectivity index (χ1) is 9.30. The highest BCUT2D eigenvalue weighted by Crippen LogP contribution is 2.35. The molecule has 1 unspecified atom stereocenters. The van der Waals surface area contributed by atoms with E-state index < -0.39 is 17.8 Å². The fourth-order valence-electron chi connectivity index (χ4n) is 1.96. The second-order valence-electron chi connectivity index (χ2n) is 4.46. The Labute approximate surface area is 113 Å². The molecule has 0 aliphatic rings. The molecular formula is C13H13F3N4. The van der Waals surface area contributed by atoms with E-state index in [1.165, 1.54) is 0 Å². The van der Waals surface area contributed by atoms with Gasteiger partial charge in [-0.1, -0.05) is 0 Å². The smallest absolute Gasteiger partial charge is 0.320 e. The number of nitrogens with zero attached hydrogens (tertiary/aromatic N) is 3. The van der Waals surface area contributed by atoms with Crippen LogP contribution in [0.25, 0.3) is 0 Å². The Morgan fingerprint density at radius 2 is 1.85 bits per heavy atom. The van der Waals surface area contributed by atoms with Gasteiger partial charge in [0.25, 0.3) is 0 Å². The first kappa shape index (κ1) is 14.4. The second-order valence-corrected chi connectivity index (χ2v) is 4.46. The molecule has 2 aromatic heterocycles. The van der Waals surface area contributed by atoms with Crippen LogP contribution in [0.1, 0.15) is 34.1 Å². The molecule has 2 aromatic rings. The molecule has 0 bridgehead atoms. The lowest BCUT2D eigenvalue weighted by molar-refractivity contribution is -0.138. The van der Waals surface area contributed by atoms with E-state index in [4.69, 9.17) is 5.73 Å². The first-order valence-electron chi connectivity index (χ1n) is 5.88. The number of aryl methyl sites for hydroxylation is 2. The number of hydrogen-bond acceptors (Lipinski definition) is 4. The topological polar surface area (TPSA) is 64.7 Å². The largest absolute Gasteiger partial charge is 0.416 e. The molecule has 106 valence electrons. The quantitative estimate of drug-likeness (QED) is 0.919.